The average Bonchev–Trinajstić information content (AvgIpc) is 3.13. The minimum Gasteiger partial charge on any atom is -0.478 e. The van der Waals surface area contributed by atoms with Gasteiger partial charge < -0.3 is 9.84 Å². The van der Waals surface area contributed by atoms with Crippen molar-refractivity contribution in [1.82, 2.24) is 9.78 Å². The molecule has 0 radical (unpaired) electrons. The van der Waals surface area contributed by atoms with Gasteiger partial charge >= 0.3 is 11.9 Å². The summed E-state index contributed by atoms with van der Waals surface area (Å²) < 4.78 is 6.52. The summed E-state index contributed by atoms with van der Waals surface area (Å²) in [5, 5.41) is 14.8. The van der Waals surface area contributed by atoms with Crippen LogP contribution in [0.5, 0.6) is 0 Å². The molecule has 1 heterocycles. The number of esters is 1. The maximum absolute atomic E-state index is 11.7. The number of aromatic nitrogens is 2. The number of nitrogens with zero attached hydrogens (tertiary/aromatic N) is 2. The van der Waals surface area contributed by atoms with E-state index in [1.807, 2.05) is 36.4 Å². The highest BCUT2D eigenvalue weighted by molar-refractivity contribution is 5.95. The van der Waals surface area contributed by atoms with Crippen LogP contribution in [0.1, 0.15) is 20.7 Å². The minimum absolute atomic E-state index is 0.221. The molecule has 1 aromatic heterocycles. The summed E-state index contributed by atoms with van der Waals surface area (Å²) in [4.78, 5) is 22.7. The van der Waals surface area contributed by atoms with Gasteiger partial charge in [-0.3, -0.25) is 0 Å². The first-order chi connectivity index (χ1) is 13.6. The van der Waals surface area contributed by atoms with Gasteiger partial charge in [0.15, 0.2) is 0 Å². The predicted octanol–water partition coefficient (Wildman–Crippen LogP) is 4.18. The highest BCUT2D eigenvalue weighted by Crippen LogP contribution is 2.30. The van der Waals surface area contributed by atoms with Gasteiger partial charge in [0.05, 0.1) is 29.4 Å². The van der Waals surface area contributed by atoms with Gasteiger partial charge in [0.2, 0.25) is 0 Å². The van der Waals surface area contributed by atoms with E-state index in [4.69, 9.17) is 14.9 Å². The summed E-state index contributed by atoms with van der Waals surface area (Å²) >= 11 is 0. The number of ether oxygens (including phenoxy) is 1. The molecule has 0 amide bonds. The van der Waals surface area contributed by atoms with Crippen LogP contribution in [0.4, 0.5) is 0 Å². The number of carbonyl (C=O) groups excluding carboxylic acids is 1. The Labute approximate surface area is 160 Å². The topological polar surface area (TPSA) is 81.4 Å². The Balaban J connectivity index is 1.82. The van der Waals surface area contributed by atoms with Gasteiger partial charge in [-0.05, 0) is 42.5 Å². The smallest absolute Gasteiger partial charge is 0.337 e. The number of fused-ring (bicyclic) bond motifs is 1. The highest BCUT2D eigenvalue weighted by atomic mass is 16.5. The van der Waals surface area contributed by atoms with Gasteiger partial charge in [0, 0.05) is 10.9 Å². The largest absolute Gasteiger partial charge is 0.478 e. The van der Waals surface area contributed by atoms with Crippen LogP contribution >= 0.6 is 0 Å². The Morgan fingerprint density at radius 1 is 0.893 bits per heavy atom. The first-order valence-corrected chi connectivity index (χ1v) is 8.59. The summed E-state index contributed by atoms with van der Waals surface area (Å²) in [6, 6.07) is 21.4. The van der Waals surface area contributed by atoms with Crippen LogP contribution in [0, 0.1) is 0 Å². The fourth-order valence-electron chi connectivity index (χ4n) is 3.10. The molecular formula is C22H16N2O4. The molecule has 0 aliphatic carbocycles. The van der Waals surface area contributed by atoms with E-state index in [1.54, 1.807) is 41.1 Å². The molecular weight excluding hydrogens is 356 g/mol. The number of benzene rings is 3. The number of para-hydroxylation sites is 1. The molecule has 138 valence electrons. The standard InChI is InChI=1S/C22H16N2O4/c1-28-22(27)16-8-6-14(7-9-16)20-18-4-2-3-5-19(18)24(23-20)17-12-10-15(11-13-17)21(25)26/h2-13H,1H3,(H,25,26). The molecule has 0 fully saturated rings. The van der Waals surface area contributed by atoms with Crippen molar-refractivity contribution in [2.75, 3.05) is 7.11 Å². The van der Waals surface area contributed by atoms with E-state index in [0.29, 0.717) is 5.56 Å². The number of carboxylic acids is 1. The molecule has 0 atom stereocenters. The monoisotopic (exact) mass is 372 g/mol. The van der Waals surface area contributed by atoms with E-state index in [1.165, 1.54) is 7.11 Å². The van der Waals surface area contributed by atoms with Crippen LogP contribution in [-0.4, -0.2) is 33.9 Å². The van der Waals surface area contributed by atoms with E-state index < -0.39 is 5.97 Å². The Bertz CT molecular complexity index is 1180. The van der Waals surface area contributed by atoms with Crippen molar-refractivity contribution in [2.24, 2.45) is 0 Å². The van der Waals surface area contributed by atoms with Crippen molar-refractivity contribution in [3.63, 3.8) is 0 Å². The second kappa shape index (κ2) is 7.00. The fourth-order valence-corrected chi connectivity index (χ4v) is 3.10. The van der Waals surface area contributed by atoms with Crippen LogP contribution in [-0.2, 0) is 4.74 Å². The molecule has 6 nitrogen and oxygen atoms in total. The van der Waals surface area contributed by atoms with Crippen molar-refractivity contribution >= 4 is 22.8 Å². The van der Waals surface area contributed by atoms with Crippen LogP contribution in [0.25, 0.3) is 27.8 Å². The minimum atomic E-state index is -0.969. The van der Waals surface area contributed by atoms with Gasteiger partial charge in [-0.15, -0.1) is 0 Å². The van der Waals surface area contributed by atoms with E-state index in [-0.39, 0.29) is 11.5 Å². The van der Waals surface area contributed by atoms with Gasteiger partial charge in [-0.1, -0.05) is 30.3 Å². The molecule has 4 rings (SSSR count). The molecule has 6 heteroatoms. The predicted molar refractivity (Wildman–Crippen MR) is 105 cm³/mol. The van der Waals surface area contributed by atoms with Crippen LogP contribution in [0.3, 0.4) is 0 Å². The zero-order chi connectivity index (χ0) is 19.7. The van der Waals surface area contributed by atoms with Crippen molar-refractivity contribution in [1.29, 1.82) is 0 Å². The Kier molecular flexibility index (Phi) is 4.37. The molecule has 0 saturated carbocycles. The Morgan fingerprint density at radius 3 is 2.18 bits per heavy atom. The second-order valence-corrected chi connectivity index (χ2v) is 6.20. The first-order valence-electron chi connectivity index (χ1n) is 8.59. The molecule has 0 bridgehead atoms. The lowest BCUT2D eigenvalue weighted by Crippen LogP contribution is -2.00. The van der Waals surface area contributed by atoms with Crippen LogP contribution in [0.15, 0.2) is 72.8 Å². The van der Waals surface area contributed by atoms with Gasteiger partial charge in [-0.2, -0.15) is 5.10 Å². The number of aromatic carboxylic acids is 1. The number of hydrogen-bond acceptors (Lipinski definition) is 4. The maximum atomic E-state index is 11.7. The van der Waals surface area contributed by atoms with Crippen molar-refractivity contribution in [3.8, 4) is 16.9 Å². The lowest BCUT2D eigenvalue weighted by Gasteiger charge is -2.04. The number of methoxy groups -OCH3 is 1. The molecule has 1 N–H and O–H groups in total. The molecule has 0 aliphatic heterocycles. The highest BCUT2D eigenvalue weighted by Gasteiger charge is 2.14. The number of hydrogen-bond donors (Lipinski definition) is 1. The summed E-state index contributed by atoms with van der Waals surface area (Å²) in [5.41, 5.74) is 3.99. The molecule has 0 spiro atoms. The lowest BCUT2D eigenvalue weighted by molar-refractivity contribution is 0.0600. The number of rotatable bonds is 4. The third kappa shape index (κ3) is 3.01. The molecule has 0 aliphatic rings. The Morgan fingerprint density at radius 2 is 1.54 bits per heavy atom. The third-order valence-corrected chi connectivity index (χ3v) is 4.53. The van der Waals surface area contributed by atoms with E-state index in [9.17, 15) is 9.59 Å². The van der Waals surface area contributed by atoms with Gasteiger partial charge in [0.1, 0.15) is 5.69 Å². The molecule has 0 unspecified atom stereocenters. The van der Waals surface area contributed by atoms with E-state index in [2.05, 4.69) is 0 Å². The number of carboxylic acid groups (broad SMARTS) is 1. The second-order valence-electron chi connectivity index (χ2n) is 6.20. The molecule has 4 aromatic rings. The molecule has 28 heavy (non-hydrogen) atoms. The van der Waals surface area contributed by atoms with E-state index >= 15 is 0 Å². The normalized spacial score (nSPS) is 10.8. The van der Waals surface area contributed by atoms with Crippen LogP contribution < -0.4 is 0 Å². The van der Waals surface area contributed by atoms with Crippen LogP contribution in [0.2, 0.25) is 0 Å². The quantitative estimate of drug-likeness (QED) is 0.544. The average molecular weight is 372 g/mol. The first kappa shape index (κ1) is 17.5. The van der Waals surface area contributed by atoms with Gasteiger partial charge in [0.25, 0.3) is 0 Å². The summed E-state index contributed by atoms with van der Waals surface area (Å²) in [7, 11) is 1.35. The third-order valence-electron chi connectivity index (χ3n) is 4.53. The number of carbonyl (C=O) groups is 2. The maximum Gasteiger partial charge on any atom is 0.337 e. The van der Waals surface area contributed by atoms with Crippen molar-refractivity contribution in [3.05, 3.63) is 83.9 Å². The van der Waals surface area contributed by atoms with Gasteiger partial charge in [-0.25, -0.2) is 14.3 Å². The van der Waals surface area contributed by atoms with Crippen molar-refractivity contribution < 1.29 is 19.4 Å². The van der Waals surface area contributed by atoms with Crippen molar-refractivity contribution in [2.45, 2.75) is 0 Å². The zero-order valence-electron chi connectivity index (χ0n) is 15.0. The summed E-state index contributed by atoms with van der Waals surface area (Å²) in [6.45, 7) is 0. The fraction of sp³-hybridized carbons (Fsp3) is 0.0455. The Hall–Kier alpha value is -3.93. The molecule has 0 saturated heterocycles. The van der Waals surface area contributed by atoms with E-state index in [0.717, 1.165) is 27.8 Å². The SMILES string of the molecule is COC(=O)c1ccc(-c2nn(-c3ccc(C(=O)O)cc3)c3ccccc23)cc1. The molecule has 3 aromatic carbocycles. The summed E-state index contributed by atoms with van der Waals surface area (Å²) in [6.07, 6.45) is 0. The summed E-state index contributed by atoms with van der Waals surface area (Å²) in [5.74, 6) is -1.36. The lowest BCUT2D eigenvalue weighted by atomic mass is 10.1. The zero-order valence-corrected chi connectivity index (χ0v) is 15.0.